The predicted octanol–water partition coefficient (Wildman–Crippen LogP) is 3.39. The lowest BCUT2D eigenvalue weighted by Crippen LogP contribution is -2.31. The molecule has 0 aromatic heterocycles. The van der Waals surface area contributed by atoms with Gasteiger partial charge in [0, 0.05) is 20.3 Å². The molecule has 0 radical (unpaired) electrons. The molecule has 1 heterocycles. The number of ether oxygens (including phenoxy) is 2. The highest BCUT2D eigenvalue weighted by molar-refractivity contribution is 8.19. The quantitative estimate of drug-likeness (QED) is 0.456. The van der Waals surface area contributed by atoms with Crippen LogP contribution in [0.3, 0.4) is 0 Å². The lowest BCUT2D eigenvalue weighted by atomic mass is 10.2. The van der Waals surface area contributed by atoms with Crippen molar-refractivity contribution in [2.24, 2.45) is 4.40 Å². The molecule has 158 valence electrons. The second-order valence-electron chi connectivity index (χ2n) is 6.35. The fourth-order valence-corrected chi connectivity index (χ4v) is 5.00. The van der Waals surface area contributed by atoms with Gasteiger partial charge in [0.15, 0.2) is 5.17 Å². The van der Waals surface area contributed by atoms with Gasteiger partial charge in [-0.25, -0.2) is 0 Å². The normalized spacial score (nSPS) is 17.1. The Morgan fingerprint density at radius 1 is 1.10 bits per heavy atom. The average Bonchev–Trinajstić information content (AvgIpc) is 3.03. The molecule has 0 saturated carbocycles. The maximum atomic E-state index is 13.0. The molecule has 7 nitrogen and oxygen atoms in total. The molecule has 9 heteroatoms. The number of thioether (sulfide) groups is 1. The third kappa shape index (κ3) is 5.29. The third-order valence-corrected chi connectivity index (χ3v) is 6.65. The van der Waals surface area contributed by atoms with Crippen LogP contribution in [0.1, 0.15) is 12.0 Å². The summed E-state index contributed by atoms with van der Waals surface area (Å²) < 4.78 is 39.7. The summed E-state index contributed by atoms with van der Waals surface area (Å²) in [5, 5.41) is 0.133. The van der Waals surface area contributed by atoms with E-state index in [4.69, 9.17) is 9.47 Å². The highest BCUT2D eigenvalue weighted by Crippen LogP contribution is 2.34. The van der Waals surface area contributed by atoms with E-state index in [2.05, 4.69) is 4.40 Å². The Morgan fingerprint density at radius 2 is 1.87 bits per heavy atom. The van der Waals surface area contributed by atoms with E-state index in [1.54, 1.807) is 44.6 Å². The molecule has 1 aliphatic rings. The van der Waals surface area contributed by atoms with Gasteiger partial charge in [0.25, 0.3) is 15.9 Å². The summed E-state index contributed by atoms with van der Waals surface area (Å²) in [6.07, 6.45) is 2.26. The van der Waals surface area contributed by atoms with Crippen molar-refractivity contribution >= 4 is 38.9 Å². The Morgan fingerprint density at radius 3 is 2.57 bits per heavy atom. The first kappa shape index (κ1) is 22.1. The number of sulfonamides is 1. The molecule has 1 amide bonds. The number of rotatable bonds is 8. The zero-order chi connectivity index (χ0) is 21.6. The zero-order valence-corrected chi connectivity index (χ0v) is 18.3. The minimum absolute atomic E-state index is 0.0765. The largest absolute Gasteiger partial charge is 0.497 e. The fourth-order valence-electron chi connectivity index (χ4n) is 2.77. The van der Waals surface area contributed by atoms with Crippen molar-refractivity contribution in [3.05, 3.63) is 65.1 Å². The van der Waals surface area contributed by atoms with Crippen molar-refractivity contribution in [3.8, 4) is 5.75 Å². The number of methoxy groups -OCH3 is 2. The van der Waals surface area contributed by atoms with Crippen molar-refractivity contribution in [3.63, 3.8) is 0 Å². The molecule has 0 spiro atoms. The first-order chi connectivity index (χ1) is 14.4. The van der Waals surface area contributed by atoms with Gasteiger partial charge >= 0.3 is 0 Å². The first-order valence-corrected chi connectivity index (χ1v) is 11.4. The van der Waals surface area contributed by atoms with Gasteiger partial charge in [-0.1, -0.05) is 30.3 Å². The third-order valence-electron chi connectivity index (χ3n) is 4.25. The number of amidine groups is 1. The molecule has 30 heavy (non-hydrogen) atoms. The van der Waals surface area contributed by atoms with Crippen LogP contribution in [-0.4, -0.2) is 51.8 Å². The van der Waals surface area contributed by atoms with Crippen LogP contribution >= 0.6 is 11.8 Å². The second-order valence-corrected chi connectivity index (χ2v) is 8.97. The Bertz CT molecular complexity index is 1070. The van der Waals surface area contributed by atoms with Gasteiger partial charge in [-0.2, -0.15) is 8.42 Å². The lowest BCUT2D eigenvalue weighted by molar-refractivity contribution is -0.122. The Kier molecular flexibility index (Phi) is 7.30. The Labute approximate surface area is 180 Å². The van der Waals surface area contributed by atoms with Crippen LogP contribution in [0, 0.1) is 0 Å². The van der Waals surface area contributed by atoms with E-state index in [1.165, 1.54) is 17.0 Å². The molecular weight excluding hydrogens is 424 g/mol. The molecule has 0 unspecified atom stereocenters. The number of carbonyl (C=O) groups is 1. The van der Waals surface area contributed by atoms with Crippen molar-refractivity contribution in [2.45, 2.75) is 11.3 Å². The monoisotopic (exact) mass is 446 g/mol. The maximum absolute atomic E-state index is 13.0. The number of amides is 1. The summed E-state index contributed by atoms with van der Waals surface area (Å²) >= 11 is 1.04. The van der Waals surface area contributed by atoms with E-state index in [0.29, 0.717) is 30.2 Å². The van der Waals surface area contributed by atoms with Crippen LogP contribution in [0.15, 0.2) is 68.8 Å². The lowest BCUT2D eigenvalue weighted by Gasteiger charge is -2.15. The minimum Gasteiger partial charge on any atom is -0.497 e. The van der Waals surface area contributed by atoms with Crippen molar-refractivity contribution in [1.82, 2.24) is 4.90 Å². The standard InChI is InChI=1S/C21H22N2O5S2/c1-27-13-7-12-23-20(24)19(15-16-8-6-9-17(14-16)28-2)29-21(23)22-30(25,26)18-10-4-3-5-11-18/h3-6,8-11,14-15H,7,12-13H2,1-2H3/b19-15-,22-21-. The molecule has 0 atom stereocenters. The Hall–Kier alpha value is -2.62. The zero-order valence-electron chi connectivity index (χ0n) is 16.6. The number of hydrogen-bond donors (Lipinski definition) is 0. The highest BCUT2D eigenvalue weighted by atomic mass is 32.2. The van der Waals surface area contributed by atoms with E-state index >= 15 is 0 Å². The number of nitrogens with zero attached hydrogens (tertiary/aromatic N) is 2. The van der Waals surface area contributed by atoms with E-state index < -0.39 is 10.0 Å². The van der Waals surface area contributed by atoms with Crippen LogP contribution in [-0.2, 0) is 19.6 Å². The van der Waals surface area contributed by atoms with Crippen LogP contribution in [0.25, 0.3) is 6.08 Å². The van der Waals surface area contributed by atoms with Crippen LogP contribution in [0.4, 0.5) is 0 Å². The topological polar surface area (TPSA) is 85.3 Å². The molecule has 0 bridgehead atoms. The van der Waals surface area contributed by atoms with Gasteiger partial charge in [0.05, 0.1) is 16.9 Å². The molecule has 3 rings (SSSR count). The Balaban J connectivity index is 1.96. The maximum Gasteiger partial charge on any atom is 0.284 e. The van der Waals surface area contributed by atoms with Gasteiger partial charge in [-0.3, -0.25) is 9.69 Å². The summed E-state index contributed by atoms with van der Waals surface area (Å²) in [6.45, 7) is 0.750. The smallest absolute Gasteiger partial charge is 0.284 e. The molecule has 1 aliphatic heterocycles. The van der Waals surface area contributed by atoms with Gasteiger partial charge in [-0.15, -0.1) is 4.40 Å². The van der Waals surface area contributed by atoms with Crippen LogP contribution < -0.4 is 4.74 Å². The number of carbonyl (C=O) groups excluding carboxylic acids is 1. The number of hydrogen-bond acceptors (Lipinski definition) is 6. The molecule has 1 saturated heterocycles. The molecule has 0 N–H and O–H groups in total. The van der Waals surface area contributed by atoms with Crippen LogP contribution in [0.5, 0.6) is 5.75 Å². The molecule has 2 aromatic carbocycles. The van der Waals surface area contributed by atoms with Gasteiger partial charge < -0.3 is 9.47 Å². The summed E-state index contributed by atoms with van der Waals surface area (Å²) in [6, 6.07) is 15.2. The van der Waals surface area contributed by atoms with Gasteiger partial charge in [-0.05, 0) is 54.1 Å². The summed E-state index contributed by atoms with van der Waals surface area (Å²) in [4.78, 5) is 14.8. The van der Waals surface area contributed by atoms with E-state index in [9.17, 15) is 13.2 Å². The molecule has 0 aliphatic carbocycles. The molecule has 2 aromatic rings. The fraction of sp³-hybridized carbons (Fsp3) is 0.238. The molecular formula is C21H22N2O5S2. The minimum atomic E-state index is -3.94. The molecule has 1 fully saturated rings. The second kappa shape index (κ2) is 9.92. The van der Waals surface area contributed by atoms with Crippen molar-refractivity contribution in [2.75, 3.05) is 27.4 Å². The summed E-state index contributed by atoms with van der Waals surface area (Å²) in [7, 11) is -0.802. The van der Waals surface area contributed by atoms with E-state index in [1.807, 2.05) is 18.2 Å². The van der Waals surface area contributed by atoms with Gasteiger partial charge in [0.2, 0.25) is 0 Å². The van der Waals surface area contributed by atoms with Crippen molar-refractivity contribution < 1.29 is 22.7 Å². The van der Waals surface area contributed by atoms with Gasteiger partial charge in [0.1, 0.15) is 5.75 Å². The summed E-state index contributed by atoms with van der Waals surface area (Å²) in [5.41, 5.74) is 0.772. The highest BCUT2D eigenvalue weighted by Gasteiger charge is 2.34. The SMILES string of the molecule is COCCCN1C(=O)/C(=C/c2cccc(OC)c2)S/C1=N\S(=O)(=O)c1ccccc1. The van der Waals surface area contributed by atoms with E-state index in [0.717, 1.165) is 17.3 Å². The van der Waals surface area contributed by atoms with Crippen molar-refractivity contribution in [1.29, 1.82) is 0 Å². The first-order valence-electron chi connectivity index (χ1n) is 9.19. The average molecular weight is 447 g/mol. The van der Waals surface area contributed by atoms with Crippen LogP contribution in [0.2, 0.25) is 0 Å². The summed E-state index contributed by atoms with van der Waals surface area (Å²) in [5.74, 6) is 0.373. The van der Waals surface area contributed by atoms with E-state index in [-0.39, 0.29) is 16.0 Å². The predicted molar refractivity (Wildman–Crippen MR) is 118 cm³/mol. The number of benzene rings is 2.